The molecule has 4 rings (SSSR count). The van der Waals surface area contributed by atoms with Crippen LogP contribution in [0.5, 0.6) is 11.5 Å². The molecular formula is C40H50N2O7. The fourth-order valence-corrected chi connectivity index (χ4v) is 5.34. The van der Waals surface area contributed by atoms with Crippen LogP contribution in [0, 0.1) is 5.41 Å². The Morgan fingerprint density at radius 1 is 0.694 bits per heavy atom. The van der Waals surface area contributed by atoms with Gasteiger partial charge in [-0.25, -0.2) is 4.79 Å². The molecule has 49 heavy (non-hydrogen) atoms. The minimum Gasteiger partial charge on any atom is -0.492 e. The van der Waals surface area contributed by atoms with Crippen LogP contribution in [-0.2, 0) is 19.1 Å². The van der Waals surface area contributed by atoms with Crippen molar-refractivity contribution in [2.24, 2.45) is 5.41 Å². The van der Waals surface area contributed by atoms with Gasteiger partial charge >= 0.3 is 18.0 Å². The van der Waals surface area contributed by atoms with E-state index < -0.39 is 11.0 Å². The van der Waals surface area contributed by atoms with E-state index in [1.807, 2.05) is 108 Å². The molecule has 0 bridgehead atoms. The number of methoxy groups -OCH3 is 1. The summed E-state index contributed by atoms with van der Waals surface area (Å²) < 4.78 is 22.3. The summed E-state index contributed by atoms with van der Waals surface area (Å²) in [6, 6.07) is 25.4. The number of hydrogen-bond donors (Lipinski definition) is 0. The first-order chi connectivity index (χ1) is 23.2. The normalized spacial score (nSPS) is 14.5. The summed E-state index contributed by atoms with van der Waals surface area (Å²) in [7, 11) is 1.40. The molecule has 1 aliphatic rings. The molecule has 1 heterocycles. The van der Waals surface area contributed by atoms with E-state index in [0.717, 1.165) is 53.2 Å². The Balaban J connectivity index is 1.52. The Labute approximate surface area is 290 Å². The quantitative estimate of drug-likeness (QED) is 0.118. The van der Waals surface area contributed by atoms with Crippen molar-refractivity contribution in [1.82, 2.24) is 9.80 Å². The van der Waals surface area contributed by atoms with Gasteiger partial charge in [-0.1, -0.05) is 54.6 Å². The van der Waals surface area contributed by atoms with E-state index >= 15 is 0 Å². The molecule has 262 valence electrons. The van der Waals surface area contributed by atoms with Crippen molar-refractivity contribution in [2.75, 3.05) is 46.4 Å². The standard InChI is InChI=1S/C40H50N2O7/c1-39(2,3)37(44)48-33-19-15-31(16-20-33)36(34(21-22-35(43)46-7)29-11-9-8-10-12-29)30-13-17-32(18-14-30)47-28-27-41-23-25-42(26-24-41)38(45)49-40(4,5)6/h8-20H,21-28H2,1-7H3/b36-34+. The Kier molecular flexibility index (Phi) is 12.6. The van der Waals surface area contributed by atoms with Crippen LogP contribution in [-0.4, -0.2) is 79.9 Å². The van der Waals surface area contributed by atoms with Crippen LogP contribution in [0.1, 0.15) is 71.1 Å². The Bertz CT molecular complexity index is 1580. The van der Waals surface area contributed by atoms with E-state index in [2.05, 4.69) is 4.90 Å². The lowest BCUT2D eigenvalue weighted by atomic mass is 9.87. The number of rotatable bonds is 11. The van der Waals surface area contributed by atoms with Crippen molar-refractivity contribution < 1.29 is 33.3 Å². The SMILES string of the molecule is COC(=O)CC/C(=C(/c1ccc(OCCN2CCN(C(=O)OC(C)(C)C)CC2)cc1)c1ccc(OC(=O)C(C)(C)C)cc1)c1ccccc1. The monoisotopic (exact) mass is 670 g/mol. The maximum Gasteiger partial charge on any atom is 0.410 e. The molecule has 9 heteroatoms. The van der Waals surface area contributed by atoms with Crippen LogP contribution in [0.15, 0.2) is 78.9 Å². The zero-order chi connectivity index (χ0) is 35.6. The molecule has 1 aliphatic heterocycles. The number of carbonyl (C=O) groups is 3. The van der Waals surface area contributed by atoms with Gasteiger partial charge in [0.2, 0.25) is 0 Å². The number of allylic oxidation sites excluding steroid dienone is 1. The first kappa shape index (κ1) is 37.2. The maximum atomic E-state index is 12.5. The molecule has 0 N–H and O–H groups in total. The lowest BCUT2D eigenvalue weighted by Crippen LogP contribution is -2.50. The van der Waals surface area contributed by atoms with Crippen LogP contribution in [0.2, 0.25) is 0 Å². The minimum absolute atomic E-state index is 0.221. The fraction of sp³-hybridized carbons (Fsp3) is 0.425. The van der Waals surface area contributed by atoms with Gasteiger partial charge in [0.25, 0.3) is 0 Å². The van der Waals surface area contributed by atoms with E-state index in [9.17, 15) is 14.4 Å². The molecule has 0 saturated carbocycles. The number of amides is 1. The van der Waals surface area contributed by atoms with Crippen molar-refractivity contribution in [3.63, 3.8) is 0 Å². The Hall–Kier alpha value is -4.63. The third-order valence-electron chi connectivity index (χ3n) is 8.04. The van der Waals surface area contributed by atoms with Crippen molar-refractivity contribution in [3.05, 3.63) is 95.6 Å². The van der Waals surface area contributed by atoms with E-state index in [0.29, 0.717) is 31.9 Å². The van der Waals surface area contributed by atoms with Crippen molar-refractivity contribution >= 4 is 29.2 Å². The van der Waals surface area contributed by atoms with Gasteiger partial charge < -0.3 is 23.8 Å². The van der Waals surface area contributed by atoms with Crippen LogP contribution < -0.4 is 9.47 Å². The smallest absolute Gasteiger partial charge is 0.410 e. The van der Waals surface area contributed by atoms with Gasteiger partial charge in [-0.15, -0.1) is 0 Å². The average molecular weight is 671 g/mol. The van der Waals surface area contributed by atoms with Crippen LogP contribution in [0.4, 0.5) is 4.79 Å². The highest BCUT2D eigenvalue weighted by Gasteiger charge is 2.26. The summed E-state index contributed by atoms with van der Waals surface area (Å²) in [5.74, 6) is 0.620. The number of carbonyl (C=O) groups excluding carboxylic acids is 3. The average Bonchev–Trinajstić information content (AvgIpc) is 3.07. The number of ether oxygens (including phenoxy) is 4. The topological polar surface area (TPSA) is 94.6 Å². The molecule has 9 nitrogen and oxygen atoms in total. The zero-order valence-electron chi connectivity index (χ0n) is 29.9. The molecule has 0 atom stereocenters. The van der Waals surface area contributed by atoms with Crippen LogP contribution >= 0.6 is 0 Å². The highest BCUT2D eigenvalue weighted by Crippen LogP contribution is 2.37. The van der Waals surface area contributed by atoms with Crippen LogP contribution in [0.25, 0.3) is 11.1 Å². The number of hydrogen-bond acceptors (Lipinski definition) is 8. The summed E-state index contributed by atoms with van der Waals surface area (Å²) in [5, 5.41) is 0. The van der Waals surface area contributed by atoms with Gasteiger partial charge in [-0.05, 0) is 100 Å². The van der Waals surface area contributed by atoms with E-state index in [1.54, 1.807) is 17.0 Å². The second kappa shape index (κ2) is 16.7. The third-order valence-corrected chi connectivity index (χ3v) is 8.04. The first-order valence-electron chi connectivity index (χ1n) is 16.8. The summed E-state index contributed by atoms with van der Waals surface area (Å²) in [6.07, 6.45) is 0.419. The maximum absolute atomic E-state index is 12.5. The second-order valence-electron chi connectivity index (χ2n) is 14.1. The summed E-state index contributed by atoms with van der Waals surface area (Å²) in [4.78, 5) is 41.2. The molecule has 0 unspecified atom stereocenters. The highest BCUT2D eigenvalue weighted by molar-refractivity contribution is 5.99. The number of nitrogens with zero attached hydrogens (tertiary/aromatic N) is 2. The zero-order valence-corrected chi connectivity index (χ0v) is 29.9. The van der Waals surface area contributed by atoms with E-state index in [-0.39, 0.29) is 24.5 Å². The van der Waals surface area contributed by atoms with Gasteiger partial charge in [0.05, 0.1) is 12.5 Å². The van der Waals surface area contributed by atoms with Crippen LogP contribution in [0.3, 0.4) is 0 Å². The molecule has 0 radical (unpaired) electrons. The van der Waals surface area contributed by atoms with E-state index in [1.165, 1.54) is 7.11 Å². The summed E-state index contributed by atoms with van der Waals surface area (Å²) in [5.41, 5.74) is 3.68. The molecule has 0 aliphatic carbocycles. The predicted octanol–water partition coefficient (Wildman–Crippen LogP) is 7.48. The fourth-order valence-electron chi connectivity index (χ4n) is 5.34. The van der Waals surface area contributed by atoms with Gasteiger partial charge in [-0.3, -0.25) is 14.5 Å². The lowest BCUT2D eigenvalue weighted by molar-refractivity contribution is -0.143. The highest BCUT2D eigenvalue weighted by atomic mass is 16.6. The second-order valence-corrected chi connectivity index (χ2v) is 14.1. The number of esters is 2. The Morgan fingerprint density at radius 3 is 1.80 bits per heavy atom. The van der Waals surface area contributed by atoms with E-state index in [4.69, 9.17) is 18.9 Å². The largest absolute Gasteiger partial charge is 0.492 e. The summed E-state index contributed by atoms with van der Waals surface area (Å²) >= 11 is 0. The van der Waals surface area contributed by atoms with Gasteiger partial charge in [-0.2, -0.15) is 0 Å². The predicted molar refractivity (Wildman–Crippen MR) is 191 cm³/mol. The minimum atomic E-state index is -0.626. The lowest BCUT2D eigenvalue weighted by Gasteiger charge is -2.35. The van der Waals surface area contributed by atoms with Crippen molar-refractivity contribution in [1.29, 1.82) is 0 Å². The molecular weight excluding hydrogens is 620 g/mol. The van der Waals surface area contributed by atoms with Gasteiger partial charge in [0.1, 0.15) is 23.7 Å². The molecule has 1 saturated heterocycles. The first-order valence-corrected chi connectivity index (χ1v) is 16.8. The Morgan fingerprint density at radius 2 is 1.27 bits per heavy atom. The molecule has 0 aromatic heterocycles. The molecule has 3 aromatic carbocycles. The molecule has 0 spiro atoms. The van der Waals surface area contributed by atoms with Crippen molar-refractivity contribution in [3.8, 4) is 11.5 Å². The molecule has 1 amide bonds. The molecule has 3 aromatic rings. The van der Waals surface area contributed by atoms with Crippen molar-refractivity contribution in [2.45, 2.75) is 60.0 Å². The van der Waals surface area contributed by atoms with Gasteiger partial charge in [0, 0.05) is 39.1 Å². The number of piperazine rings is 1. The van der Waals surface area contributed by atoms with Gasteiger partial charge in [0.15, 0.2) is 0 Å². The number of benzene rings is 3. The third kappa shape index (κ3) is 11.2. The summed E-state index contributed by atoms with van der Waals surface area (Å²) in [6.45, 7) is 15.1. The molecule has 1 fully saturated rings.